The Labute approximate surface area is 115 Å². The van der Waals surface area contributed by atoms with Crippen molar-refractivity contribution in [2.75, 3.05) is 4.90 Å². The van der Waals surface area contributed by atoms with Crippen molar-refractivity contribution in [1.29, 1.82) is 0 Å². The fourth-order valence-electron chi connectivity index (χ4n) is 2.69. The van der Waals surface area contributed by atoms with Gasteiger partial charge in [0.1, 0.15) is 11.5 Å². The SMILES string of the molecule is O=c1ccc2ccc(N3Cc4ccccc4C3)nc2[nH]1. The van der Waals surface area contributed by atoms with Crippen LogP contribution < -0.4 is 10.5 Å². The summed E-state index contributed by atoms with van der Waals surface area (Å²) in [5.41, 5.74) is 3.21. The minimum Gasteiger partial charge on any atom is -0.348 e. The molecule has 20 heavy (non-hydrogen) atoms. The summed E-state index contributed by atoms with van der Waals surface area (Å²) in [5, 5.41) is 0.949. The van der Waals surface area contributed by atoms with E-state index >= 15 is 0 Å². The van der Waals surface area contributed by atoms with Crippen molar-refractivity contribution in [2.24, 2.45) is 0 Å². The van der Waals surface area contributed by atoms with Gasteiger partial charge in [-0.05, 0) is 29.3 Å². The van der Waals surface area contributed by atoms with Gasteiger partial charge in [0.05, 0.1) is 0 Å². The molecule has 3 heterocycles. The Bertz CT molecular complexity index is 828. The van der Waals surface area contributed by atoms with Gasteiger partial charge in [-0.3, -0.25) is 4.79 Å². The number of rotatable bonds is 1. The smallest absolute Gasteiger partial charge is 0.249 e. The van der Waals surface area contributed by atoms with Crippen LogP contribution in [-0.2, 0) is 13.1 Å². The minimum absolute atomic E-state index is 0.119. The molecule has 1 aliphatic rings. The Morgan fingerprint density at radius 2 is 1.65 bits per heavy atom. The molecule has 4 nitrogen and oxygen atoms in total. The van der Waals surface area contributed by atoms with Crippen LogP contribution in [0, 0.1) is 0 Å². The first-order valence-electron chi connectivity index (χ1n) is 6.61. The van der Waals surface area contributed by atoms with E-state index in [1.807, 2.05) is 12.1 Å². The van der Waals surface area contributed by atoms with Gasteiger partial charge in [0.15, 0.2) is 0 Å². The molecule has 0 spiro atoms. The van der Waals surface area contributed by atoms with Crippen LogP contribution in [0.1, 0.15) is 11.1 Å². The highest BCUT2D eigenvalue weighted by Crippen LogP contribution is 2.27. The summed E-state index contributed by atoms with van der Waals surface area (Å²) in [6, 6.07) is 15.7. The highest BCUT2D eigenvalue weighted by molar-refractivity contribution is 5.76. The quantitative estimate of drug-likeness (QED) is 0.733. The van der Waals surface area contributed by atoms with Gasteiger partial charge < -0.3 is 9.88 Å². The van der Waals surface area contributed by atoms with Gasteiger partial charge in [-0.15, -0.1) is 0 Å². The largest absolute Gasteiger partial charge is 0.348 e. The van der Waals surface area contributed by atoms with Crippen molar-refractivity contribution < 1.29 is 0 Å². The second-order valence-electron chi connectivity index (χ2n) is 5.05. The number of H-pyrrole nitrogens is 1. The van der Waals surface area contributed by atoms with E-state index in [-0.39, 0.29) is 5.56 Å². The number of aromatic amines is 1. The normalized spacial score (nSPS) is 13.7. The first-order valence-corrected chi connectivity index (χ1v) is 6.61. The number of nitrogens with zero attached hydrogens (tertiary/aromatic N) is 2. The number of anilines is 1. The molecule has 1 aromatic carbocycles. The van der Waals surface area contributed by atoms with E-state index in [1.165, 1.54) is 17.2 Å². The van der Waals surface area contributed by atoms with Crippen LogP contribution in [0.4, 0.5) is 5.82 Å². The lowest BCUT2D eigenvalue weighted by Gasteiger charge is -2.16. The monoisotopic (exact) mass is 263 g/mol. The van der Waals surface area contributed by atoms with Crippen LogP contribution in [0.3, 0.4) is 0 Å². The van der Waals surface area contributed by atoms with E-state index < -0.39 is 0 Å². The molecular formula is C16H13N3O. The zero-order valence-corrected chi connectivity index (χ0v) is 10.8. The third kappa shape index (κ3) is 1.77. The average Bonchev–Trinajstić information content (AvgIpc) is 2.90. The number of hydrogen-bond donors (Lipinski definition) is 1. The fraction of sp³-hybridized carbons (Fsp3) is 0.125. The molecule has 0 unspecified atom stereocenters. The lowest BCUT2D eigenvalue weighted by molar-refractivity contribution is 0.859. The average molecular weight is 263 g/mol. The Hall–Kier alpha value is -2.62. The van der Waals surface area contributed by atoms with Gasteiger partial charge in [0.25, 0.3) is 0 Å². The van der Waals surface area contributed by atoms with Crippen LogP contribution in [0.2, 0.25) is 0 Å². The van der Waals surface area contributed by atoms with Crippen LogP contribution in [0.25, 0.3) is 11.0 Å². The van der Waals surface area contributed by atoms with Crippen molar-refractivity contribution in [3.8, 4) is 0 Å². The molecule has 0 atom stereocenters. The van der Waals surface area contributed by atoms with Crippen LogP contribution in [0.15, 0.2) is 53.3 Å². The molecule has 0 amide bonds. The first-order chi connectivity index (χ1) is 9.79. The molecule has 0 saturated heterocycles. The van der Waals surface area contributed by atoms with Crippen molar-refractivity contribution in [3.05, 3.63) is 70.0 Å². The molecule has 0 bridgehead atoms. The van der Waals surface area contributed by atoms with E-state index in [9.17, 15) is 4.79 Å². The fourth-order valence-corrected chi connectivity index (χ4v) is 2.69. The predicted octanol–water partition coefficient (Wildman–Crippen LogP) is 2.44. The Kier molecular flexibility index (Phi) is 2.36. The lowest BCUT2D eigenvalue weighted by atomic mass is 10.1. The predicted molar refractivity (Wildman–Crippen MR) is 78.7 cm³/mol. The van der Waals surface area contributed by atoms with Crippen LogP contribution >= 0.6 is 0 Å². The van der Waals surface area contributed by atoms with Crippen LogP contribution in [-0.4, -0.2) is 9.97 Å². The molecule has 0 fully saturated rings. The van der Waals surface area contributed by atoms with Gasteiger partial charge in [-0.25, -0.2) is 4.98 Å². The van der Waals surface area contributed by atoms with Crippen molar-refractivity contribution in [2.45, 2.75) is 13.1 Å². The molecule has 3 aromatic rings. The summed E-state index contributed by atoms with van der Waals surface area (Å²) in [6.07, 6.45) is 0. The zero-order chi connectivity index (χ0) is 13.5. The summed E-state index contributed by atoms with van der Waals surface area (Å²) >= 11 is 0. The number of fused-ring (bicyclic) bond motifs is 2. The molecule has 1 aliphatic heterocycles. The van der Waals surface area contributed by atoms with E-state index in [2.05, 4.69) is 39.1 Å². The van der Waals surface area contributed by atoms with Gasteiger partial charge in [0.2, 0.25) is 5.56 Å². The molecule has 0 radical (unpaired) electrons. The van der Waals surface area contributed by atoms with E-state index in [1.54, 1.807) is 6.07 Å². The van der Waals surface area contributed by atoms with E-state index in [0.29, 0.717) is 5.65 Å². The second kappa shape index (κ2) is 4.20. The third-order valence-electron chi connectivity index (χ3n) is 3.73. The first kappa shape index (κ1) is 11.2. The van der Waals surface area contributed by atoms with Crippen LogP contribution in [0.5, 0.6) is 0 Å². The maximum atomic E-state index is 11.4. The number of hydrogen-bond acceptors (Lipinski definition) is 3. The second-order valence-corrected chi connectivity index (χ2v) is 5.05. The number of pyridine rings is 2. The molecule has 1 N–H and O–H groups in total. The molecule has 4 rings (SSSR count). The van der Waals surface area contributed by atoms with Crippen molar-refractivity contribution in [3.63, 3.8) is 0 Å². The maximum Gasteiger partial charge on any atom is 0.249 e. The van der Waals surface area contributed by atoms with Gasteiger partial charge in [-0.1, -0.05) is 24.3 Å². The molecule has 0 saturated carbocycles. The summed E-state index contributed by atoms with van der Waals surface area (Å²) in [4.78, 5) is 21.0. The summed E-state index contributed by atoms with van der Waals surface area (Å²) in [7, 11) is 0. The Morgan fingerprint density at radius 1 is 0.950 bits per heavy atom. The van der Waals surface area contributed by atoms with E-state index in [0.717, 1.165) is 24.3 Å². The number of nitrogens with one attached hydrogen (secondary N) is 1. The molecule has 4 heteroatoms. The highest BCUT2D eigenvalue weighted by Gasteiger charge is 2.19. The van der Waals surface area contributed by atoms with Crippen molar-refractivity contribution in [1.82, 2.24) is 9.97 Å². The van der Waals surface area contributed by atoms with Gasteiger partial charge in [0, 0.05) is 24.5 Å². The summed E-state index contributed by atoms with van der Waals surface area (Å²) < 4.78 is 0. The third-order valence-corrected chi connectivity index (χ3v) is 3.73. The zero-order valence-electron chi connectivity index (χ0n) is 10.8. The molecule has 2 aromatic heterocycles. The van der Waals surface area contributed by atoms with Gasteiger partial charge in [-0.2, -0.15) is 0 Å². The molecular weight excluding hydrogens is 250 g/mol. The number of aromatic nitrogens is 2. The summed E-state index contributed by atoms with van der Waals surface area (Å²) in [5.74, 6) is 0.899. The lowest BCUT2D eigenvalue weighted by Crippen LogP contribution is -2.16. The Balaban J connectivity index is 1.75. The Morgan fingerprint density at radius 3 is 2.40 bits per heavy atom. The topological polar surface area (TPSA) is 49.0 Å². The molecule has 0 aliphatic carbocycles. The van der Waals surface area contributed by atoms with E-state index in [4.69, 9.17) is 0 Å². The molecule has 98 valence electrons. The summed E-state index contributed by atoms with van der Waals surface area (Å²) in [6.45, 7) is 1.73. The maximum absolute atomic E-state index is 11.4. The van der Waals surface area contributed by atoms with Crippen molar-refractivity contribution >= 4 is 16.9 Å². The minimum atomic E-state index is -0.119. The standard InChI is InChI=1S/C16H13N3O/c20-15-8-6-11-5-7-14(17-16(11)18-15)19-9-12-3-1-2-4-13(12)10-19/h1-8H,9-10H2,(H,17,18,20). The highest BCUT2D eigenvalue weighted by atomic mass is 16.1. The number of benzene rings is 1. The van der Waals surface area contributed by atoms with Gasteiger partial charge >= 0.3 is 0 Å².